The summed E-state index contributed by atoms with van der Waals surface area (Å²) in [6.07, 6.45) is 5.45. The van der Waals surface area contributed by atoms with Crippen molar-refractivity contribution < 1.29 is 13.2 Å². The Morgan fingerprint density at radius 3 is 2.35 bits per heavy atom. The molecule has 2 aliphatic heterocycles. The van der Waals surface area contributed by atoms with Gasteiger partial charge in [-0.3, -0.25) is 4.79 Å². The van der Waals surface area contributed by atoms with Gasteiger partial charge in [0.05, 0.1) is 4.90 Å². The summed E-state index contributed by atoms with van der Waals surface area (Å²) >= 11 is 0. The van der Waals surface area contributed by atoms with Crippen LogP contribution in [0.4, 0.5) is 0 Å². The van der Waals surface area contributed by atoms with Crippen LogP contribution < -0.4 is 0 Å². The van der Waals surface area contributed by atoms with Crippen molar-refractivity contribution in [2.24, 2.45) is 17.8 Å². The molecule has 2 fully saturated rings. The van der Waals surface area contributed by atoms with Crippen molar-refractivity contribution in [3.63, 3.8) is 0 Å². The number of aryl methyl sites for hydroxylation is 1. The van der Waals surface area contributed by atoms with Crippen molar-refractivity contribution in [2.45, 2.75) is 57.9 Å². The molecule has 170 valence electrons. The average molecular weight is 446 g/mol. The molecule has 7 heteroatoms. The zero-order valence-corrected chi connectivity index (χ0v) is 19.8. The topological polar surface area (TPSA) is 62.6 Å². The Kier molecular flexibility index (Phi) is 6.44. The number of carbonyl (C=O) groups excluding carboxylic acids is 1. The van der Waals surface area contributed by atoms with Gasteiger partial charge in [-0.15, -0.1) is 0 Å². The third-order valence-corrected chi connectivity index (χ3v) is 8.81. The first-order valence-electron chi connectivity index (χ1n) is 11.6. The maximum absolute atomic E-state index is 13.1. The Morgan fingerprint density at radius 1 is 1.00 bits per heavy atom. The molecule has 1 aromatic heterocycles. The summed E-state index contributed by atoms with van der Waals surface area (Å²) in [5, 5.41) is 0.902. The van der Waals surface area contributed by atoms with Crippen LogP contribution in [0.15, 0.2) is 35.4 Å². The predicted octanol–water partition coefficient (Wildman–Crippen LogP) is 3.96. The van der Waals surface area contributed by atoms with Gasteiger partial charge in [0.1, 0.15) is 0 Å². The number of fused-ring (bicyclic) bond motifs is 1. The Morgan fingerprint density at radius 2 is 1.68 bits per heavy atom. The minimum atomic E-state index is -3.46. The van der Waals surface area contributed by atoms with Gasteiger partial charge in [0.2, 0.25) is 15.9 Å². The fourth-order valence-electron chi connectivity index (χ4n) is 5.15. The van der Waals surface area contributed by atoms with E-state index in [0.29, 0.717) is 48.7 Å². The number of likely N-dealkylation sites (tertiary alicyclic amines) is 1. The normalized spacial score (nSPS) is 24.0. The van der Waals surface area contributed by atoms with E-state index >= 15 is 0 Å². The molecule has 1 aromatic carbocycles. The number of carbonyl (C=O) groups is 1. The molecule has 0 aliphatic carbocycles. The SMILES string of the molecule is CC1CCN(S(=O)(=O)c2ccc3c(ccn3CCC(=O)N3C[C@H](C)C[C@@H](C)C3)c2)CC1. The summed E-state index contributed by atoms with van der Waals surface area (Å²) in [7, 11) is -3.46. The Labute approximate surface area is 186 Å². The quantitative estimate of drug-likeness (QED) is 0.700. The highest BCUT2D eigenvalue weighted by Gasteiger charge is 2.28. The molecular weight excluding hydrogens is 410 g/mol. The zero-order valence-electron chi connectivity index (χ0n) is 19.0. The van der Waals surface area contributed by atoms with Crippen molar-refractivity contribution in [1.29, 1.82) is 0 Å². The third kappa shape index (κ3) is 4.82. The van der Waals surface area contributed by atoms with Gasteiger partial charge in [0.25, 0.3) is 0 Å². The fraction of sp³-hybridized carbons (Fsp3) is 0.625. The number of hydrogen-bond acceptors (Lipinski definition) is 3. The molecule has 0 bridgehead atoms. The lowest BCUT2D eigenvalue weighted by atomic mass is 9.92. The molecule has 0 spiro atoms. The van der Waals surface area contributed by atoms with E-state index in [0.717, 1.165) is 36.8 Å². The van der Waals surface area contributed by atoms with E-state index in [1.165, 1.54) is 6.42 Å². The Bertz CT molecular complexity index is 1030. The van der Waals surface area contributed by atoms with Gasteiger partial charge in [-0.25, -0.2) is 8.42 Å². The van der Waals surface area contributed by atoms with E-state index in [4.69, 9.17) is 0 Å². The number of aromatic nitrogens is 1. The summed E-state index contributed by atoms with van der Waals surface area (Å²) in [5.41, 5.74) is 0.972. The lowest BCUT2D eigenvalue weighted by molar-refractivity contribution is -0.134. The molecule has 31 heavy (non-hydrogen) atoms. The van der Waals surface area contributed by atoms with Crippen LogP contribution in [0.3, 0.4) is 0 Å². The van der Waals surface area contributed by atoms with Gasteiger partial charge in [-0.05, 0) is 61.3 Å². The van der Waals surface area contributed by atoms with Crippen molar-refractivity contribution in [3.8, 4) is 0 Å². The summed E-state index contributed by atoms with van der Waals surface area (Å²) < 4.78 is 29.8. The highest BCUT2D eigenvalue weighted by atomic mass is 32.2. The summed E-state index contributed by atoms with van der Waals surface area (Å²) in [4.78, 5) is 15.1. The summed E-state index contributed by atoms with van der Waals surface area (Å²) in [6.45, 7) is 10.1. The van der Waals surface area contributed by atoms with Gasteiger partial charge in [0.15, 0.2) is 0 Å². The van der Waals surface area contributed by atoms with Crippen LogP contribution in [0, 0.1) is 17.8 Å². The molecule has 3 heterocycles. The van der Waals surface area contributed by atoms with E-state index in [1.54, 1.807) is 16.4 Å². The van der Waals surface area contributed by atoms with Crippen molar-refractivity contribution in [1.82, 2.24) is 13.8 Å². The number of piperidine rings is 2. The van der Waals surface area contributed by atoms with E-state index in [9.17, 15) is 13.2 Å². The van der Waals surface area contributed by atoms with Gasteiger partial charge in [-0.2, -0.15) is 4.31 Å². The van der Waals surface area contributed by atoms with Crippen molar-refractivity contribution >= 4 is 26.8 Å². The van der Waals surface area contributed by atoms with Gasteiger partial charge in [-0.1, -0.05) is 20.8 Å². The van der Waals surface area contributed by atoms with Gasteiger partial charge in [0, 0.05) is 56.2 Å². The second-order valence-electron chi connectivity index (χ2n) is 9.81. The molecule has 6 nitrogen and oxygen atoms in total. The van der Waals surface area contributed by atoms with Crippen LogP contribution in [0.1, 0.15) is 46.5 Å². The molecule has 2 aromatic rings. The standard InChI is InChI=1S/C24H35N3O3S/c1-18-6-12-27(13-7-18)31(29,30)22-4-5-23-21(15-22)8-10-25(23)11-9-24(28)26-16-19(2)14-20(3)17-26/h4-5,8,10,15,18-20H,6-7,9,11-14,16-17H2,1-3H3/t19-,20-/m1/s1. The Balaban J connectivity index is 1.45. The molecule has 0 radical (unpaired) electrons. The maximum Gasteiger partial charge on any atom is 0.243 e. The first-order valence-corrected chi connectivity index (χ1v) is 13.0. The zero-order chi connectivity index (χ0) is 22.2. The molecule has 2 atom stereocenters. The molecule has 4 rings (SSSR count). The molecule has 0 N–H and O–H groups in total. The molecule has 0 unspecified atom stereocenters. The molecule has 2 aliphatic rings. The number of sulfonamides is 1. The van der Waals surface area contributed by atoms with Crippen molar-refractivity contribution in [3.05, 3.63) is 30.5 Å². The van der Waals surface area contributed by atoms with Crippen LogP contribution in [-0.4, -0.2) is 54.3 Å². The summed E-state index contributed by atoms with van der Waals surface area (Å²) in [5.74, 6) is 1.91. The number of amides is 1. The van der Waals surface area contributed by atoms with Crippen molar-refractivity contribution in [2.75, 3.05) is 26.2 Å². The molecular formula is C24H35N3O3S. The minimum Gasteiger partial charge on any atom is -0.347 e. The Hall–Kier alpha value is -1.86. The third-order valence-electron chi connectivity index (χ3n) is 6.91. The highest BCUT2D eigenvalue weighted by Crippen LogP contribution is 2.27. The van der Waals surface area contributed by atoms with E-state index < -0.39 is 10.0 Å². The van der Waals surface area contributed by atoms with E-state index in [-0.39, 0.29) is 5.91 Å². The fourth-order valence-corrected chi connectivity index (χ4v) is 6.65. The molecule has 0 saturated carbocycles. The first-order chi connectivity index (χ1) is 14.7. The van der Waals surface area contributed by atoms with Crippen LogP contribution in [0.25, 0.3) is 10.9 Å². The second kappa shape index (κ2) is 8.94. The lowest BCUT2D eigenvalue weighted by Crippen LogP contribution is -2.42. The highest BCUT2D eigenvalue weighted by molar-refractivity contribution is 7.89. The van der Waals surface area contributed by atoms with Gasteiger partial charge >= 0.3 is 0 Å². The smallest absolute Gasteiger partial charge is 0.243 e. The second-order valence-corrected chi connectivity index (χ2v) is 11.7. The monoisotopic (exact) mass is 445 g/mol. The number of nitrogens with zero attached hydrogens (tertiary/aromatic N) is 3. The van der Waals surface area contributed by atoms with Crippen LogP contribution in [0.2, 0.25) is 0 Å². The number of hydrogen-bond donors (Lipinski definition) is 0. The van der Waals surface area contributed by atoms with Crippen LogP contribution in [-0.2, 0) is 21.4 Å². The summed E-state index contributed by atoms with van der Waals surface area (Å²) in [6, 6.07) is 7.31. The van der Waals surface area contributed by atoms with E-state index in [2.05, 4.69) is 25.3 Å². The van der Waals surface area contributed by atoms with E-state index in [1.807, 2.05) is 23.2 Å². The number of benzene rings is 1. The largest absolute Gasteiger partial charge is 0.347 e. The predicted molar refractivity (Wildman–Crippen MR) is 123 cm³/mol. The van der Waals surface area contributed by atoms with Crippen LogP contribution >= 0.6 is 0 Å². The van der Waals surface area contributed by atoms with Crippen LogP contribution in [0.5, 0.6) is 0 Å². The molecule has 2 saturated heterocycles. The first kappa shape index (κ1) is 22.3. The average Bonchev–Trinajstić information content (AvgIpc) is 3.14. The maximum atomic E-state index is 13.1. The minimum absolute atomic E-state index is 0.207. The number of rotatable bonds is 5. The molecule has 1 amide bonds. The lowest BCUT2D eigenvalue weighted by Gasteiger charge is -2.35. The van der Waals surface area contributed by atoms with Gasteiger partial charge < -0.3 is 9.47 Å².